The van der Waals surface area contributed by atoms with E-state index >= 15 is 0 Å². The van der Waals surface area contributed by atoms with E-state index in [2.05, 4.69) is 38.2 Å². The molecule has 2 heteroatoms. The van der Waals surface area contributed by atoms with Gasteiger partial charge in [-0.05, 0) is 43.4 Å². The van der Waals surface area contributed by atoms with Crippen LogP contribution in [0.5, 0.6) is 0 Å². The van der Waals surface area contributed by atoms with Crippen LogP contribution in [-0.4, -0.2) is 17.6 Å². The summed E-state index contributed by atoms with van der Waals surface area (Å²) in [6.07, 6.45) is 9.72. The van der Waals surface area contributed by atoms with Crippen molar-refractivity contribution in [1.29, 1.82) is 0 Å². The Labute approximate surface area is 124 Å². The fourth-order valence-corrected chi connectivity index (χ4v) is 3.77. The Morgan fingerprint density at radius 1 is 1.35 bits per heavy atom. The molecule has 0 aromatic carbocycles. The molecule has 20 heavy (non-hydrogen) atoms. The Hall–Kier alpha value is -0.890. The van der Waals surface area contributed by atoms with Crippen LogP contribution in [0.3, 0.4) is 0 Å². The van der Waals surface area contributed by atoms with E-state index in [0.717, 1.165) is 12.5 Å². The molecule has 2 nitrogen and oxygen atoms in total. The van der Waals surface area contributed by atoms with Gasteiger partial charge in [0.15, 0.2) is 0 Å². The van der Waals surface area contributed by atoms with Gasteiger partial charge >= 0.3 is 0 Å². The third-order valence-electron chi connectivity index (χ3n) is 4.84. The molecule has 1 heterocycles. The highest BCUT2D eigenvalue weighted by atomic mass is 14.9. The average Bonchev–Trinajstić information content (AvgIpc) is 2.90. The standard InChI is InChI=1S/C18H30N2/c1-4-7-9-14(5-2)17(19-6-3)16-12-11-15-10-8-13-20-18(15)16/h8,10,13-14,16-17,19H,4-7,9,11-12H2,1-3H3. The predicted molar refractivity (Wildman–Crippen MR) is 86.1 cm³/mol. The van der Waals surface area contributed by atoms with Crippen molar-refractivity contribution in [3.63, 3.8) is 0 Å². The maximum Gasteiger partial charge on any atom is 0.0482 e. The maximum atomic E-state index is 4.70. The molecule has 112 valence electrons. The van der Waals surface area contributed by atoms with Crippen LogP contribution in [0.4, 0.5) is 0 Å². The number of likely N-dealkylation sites (N-methyl/N-ethyl adjacent to an activating group) is 1. The maximum absolute atomic E-state index is 4.70. The summed E-state index contributed by atoms with van der Waals surface area (Å²) >= 11 is 0. The van der Waals surface area contributed by atoms with E-state index in [0.29, 0.717) is 12.0 Å². The minimum atomic E-state index is 0.604. The third-order valence-corrected chi connectivity index (χ3v) is 4.84. The first-order chi connectivity index (χ1) is 9.81. The van der Waals surface area contributed by atoms with Gasteiger partial charge in [-0.15, -0.1) is 0 Å². The van der Waals surface area contributed by atoms with E-state index in [-0.39, 0.29) is 0 Å². The summed E-state index contributed by atoms with van der Waals surface area (Å²) < 4.78 is 0. The molecule has 0 fully saturated rings. The smallest absolute Gasteiger partial charge is 0.0482 e. The Morgan fingerprint density at radius 3 is 2.90 bits per heavy atom. The van der Waals surface area contributed by atoms with Gasteiger partial charge in [-0.2, -0.15) is 0 Å². The van der Waals surface area contributed by atoms with Crippen molar-refractivity contribution in [1.82, 2.24) is 10.3 Å². The zero-order chi connectivity index (χ0) is 14.4. The van der Waals surface area contributed by atoms with E-state index in [9.17, 15) is 0 Å². The van der Waals surface area contributed by atoms with Crippen LogP contribution in [0.25, 0.3) is 0 Å². The number of rotatable bonds is 8. The molecule has 0 saturated heterocycles. The molecule has 0 bridgehead atoms. The third kappa shape index (κ3) is 3.41. The largest absolute Gasteiger partial charge is 0.313 e. The van der Waals surface area contributed by atoms with Crippen molar-refractivity contribution in [3.8, 4) is 0 Å². The number of nitrogens with one attached hydrogen (secondary N) is 1. The molecule has 0 spiro atoms. The van der Waals surface area contributed by atoms with Crippen LogP contribution in [0.1, 0.15) is 70.1 Å². The van der Waals surface area contributed by atoms with Gasteiger partial charge in [0.05, 0.1) is 0 Å². The first-order valence-corrected chi connectivity index (χ1v) is 8.48. The number of pyridine rings is 1. The monoisotopic (exact) mass is 274 g/mol. The molecule has 1 aliphatic carbocycles. The van der Waals surface area contributed by atoms with E-state index < -0.39 is 0 Å². The van der Waals surface area contributed by atoms with Crippen LogP contribution < -0.4 is 5.32 Å². The molecule has 0 aliphatic heterocycles. The second-order valence-corrected chi connectivity index (χ2v) is 6.09. The predicted octanol–water partition coefficient (Wildman–Crippen LogP) is 4.31. The van der Waals surface area contributed by atoms with Crippen molar-refractivity contribution in [3.05, 3.63) is 29.6 Å². The molecule has 0 radical (unpaired) electrons. The molecular weight excluding hydrogens is 244 g/mol. The molecule has 3 unspecified atom stereocenters. The Morgan fingerprint density at radius 2 is 2.20 bits per heavy atom. The van der Waals surface area contributed by atoms with Crippen molar-refractivity contribution < 1.29 is 0 Å². The summed E-state index contributed by atoms with van der Waals surface area (Å²) in [4.78, 5) is 4.70. The average molecular weight is 274 g/mol. The SMILES string of the molecule is CCCCC(CC)C(NCC)C1CCc2cccnc21. The summed E-state index contributed by atoms with van der Waals surface area (Å²) in [5.74, 6) is 1.40. The summed E-state index contributed by atoms with van der Waals surface area (Å²) in [5, 5.41) is 3.79. The van der Waals surface area contributed by atoms with Gasteiger partial charge in [0.2, 0.25) is 0 Å². The summed E-state index contributed by atoms with van der Waals surface area (Å²) in [7, 11) is 0. The number of nitrogens with zero attached hydrogens (tertiary/aromatic N) is 1. The normalized spacial score (nSPS) is 20.6. The first kappa shape index (κ1) is 15.5. The number of fused-ring (bicyclic) bond motifs is 1. The quantitative estimate of drug-likeness (QED) is 0.764. The van der Waals surface area contributed by atoms with Crippen LogP contribution in [0.2, 0.25) is 0 Å². The molecular formula is C18H30N2. The van der Waals surface area contributed by atoms with E-state index in [4.69, 9.17) is 4.98 Å². The van der Waals surface area contributed by atoms with E-state index in [1.54, 1.807) is 0 Å². The molecule has 1 aliphatic rings. The van der Waals surface area contributed by atoms with Gasteiger partial charge < -0.3 is 5.32 Å². The van der Waals surface area contributed by atoms with Gasteiger partial charge in [0.1, 0.15) is 0 Å². The van der Waals surface area contributed by atoms with Gasteiger partial charge in [0.25, 0.3) is 0 Å². The lowest BCUT2D eigenvalue weighted by atomic mass is 9.82. The molecule has 0 amide bonds. The minimum Gasteiger partial charge on any atom is -0.313 e. The molecule has 0 saturated carbocycles. The van der Waals surface area contributed by atoms with Crippen molar-refractivity contribution in [2.24, 2.45) is 5.92 Å². The fraction of sp³-hybridized carbons (Fsp3) is 0.722. The lowest BCUT2D eigenvalue weighted by Crippen LogP contribution is -2.40. The van der Waals surface area contributed by atoms with E-state index in [1.807, 2.05) is 6.20 Å². The van der Waals surface area contributed by atoms with Gasteiger partial charge in [-0.1, -0.05) is 46.1 Å². The second kappa shape index (κ2) is 7.78. The summed E-state index contributed by atoms with van der Waals surface area (Å²) in [6, 6.07) is 4.95. The van der Waals surface area contributed by atoms with Gasteiger partial charge in [-0.3, -0.25) is 4.98 Å². The number of aromatic nitrogens is 1. The van der Waals surface area contributed by atoms with Gasteiger partial charge in [-0.25, -0.2) is 0 Å². The topological polar surface area (TPSA) is 24.9 Å². The Bertz CT molecular complexity index is 402. The highest BCUT2D eigenvalue weighted by molar-refractivity contribution is 5.30. The zero-order valence-electron chi connectivity index (χ0n) is 13.4. The number of aryl methyl sites for hydroxylation is 1. The van der Waals surface area contributed by atoms with Crippen LogP contribution in [0.15, 0.2) is 18.3 Å². The van der Waals surface area contributed by atoms with Crippen molar-refractivity contribution in [2.45, 2.75) is 71.3 Å². The first-order valence-electron chi connectivity index (χ1n) is 8.48. The molecule has 3 atom stereocenters. The second-order valence-electron chi connectivity index (χ2n) is 6.09. The van der Waals surface area contributed by atoms with Crippen LogP contribution in [-0.2, 0) is 6.42 Å². The number of hydrogen-bond acceptors (Lipinski definition) is 2. The molecule has 1 aromatic rings. The fourth-order valence-electron chi connectivity index (χ4n) is 3.77. The van der Waals surface area contributed by atoms with Crippen LogP contribution in [0, 0.1) is 5.92 Å². The molecule has 1 N–H and O–H groups in total. The van der Waals surface area contributed by atoms with Crippen LogP contribution >= 0.6 is 0 Å². The zero-order valence-corrected chi connectivity index (χ0v) is 13.4. The minimum absolute atomic E-state index is 0.604. The molecule has 1 aromatic heterocycles. The van der Waals surface area contributed by atoms with Crippen molar-refractivity contribution in [2.75, 3.05) is 6.54 Å². The lowest BCUT2D eigenvalue weighted by Gasteiger charge is -2.32. The number of hydrogen-bond donors (Lipinski definition) is 1. The summed E-state index contributed by atoms with van der Waals surface area (Å²) in [5.41, 5.74) is 2.85. The molecule has 2 rings (SSSR count). The highest BCUT2D eigenvalue weighted by Crippen LogP contribution is 2.38. The Balaban J connectivity index is 2.16. The summed E-state index contributed by atoms with van der Waals surface area (Å²) in [6.45, 7) is 7.93. The highest BCUT2D eigenvalue weighted by Gasteiger charge is 2.34. The number of unbranched alkanes of at least 4 members (excludes halogenated alkanes) is 1. The lowest BCUT2D eigenvalue weighted by molar-refractivity contribution is 0.278. The van der Waals surface area contributed by atoms with E-state index in [1.165, 1.54) is 49.8 Å². The Kier molecular flexibility index (Phi) is 6.03. The van der Waals surface area contributed by atoms with Gasteiger partial charge in [0, 0.05) is 23.9 Å². The van der Waals surface area contributed by atoms with Crippen molar-refractivity contribution >= 4 is 0 Å².